The molecule has 0 aromatic rings. The molecule has 2 nitrogen and oxygen atoms in total. The summed E-state index contributed by atoms with van der Waals surface area (Å²) in [5.74, 6) is 2.18. The summed E-state index contributed by atoms with van der Waals surface area (Å²) >= 11 is 8.85. The molecule has 1 fully saturated rings. The van der Waals surface area contributed by atoms with E-state index in [0.717, 1.165) is 28.8 Å². The van der Waals surface area contributed by atoms with Crippen LogP contribution >= 0.6 is 35.7 Å². The van der Waals surface area contributed by atoms with Crippen molar-refractivity contribution in [1.29, 1.82) is 5.26 Å². The fraction of sp³-hybridized carbons (Fsp3) is 0.600. The maximum atomic E-state index is 9.15. The Bertz CT molecular complexity index is 305. The van der Waals surface area contributed by atoms with Crippen LogP contribution in [0.5, 0.6) is 0 Å². The molecule has 0 atom stereocenters. The standard InChI is InChI=1S/C10H14N2S3/c1-3-12(4-2)9(13)8(7-11)10-14-5-6-15-10/h3-6H2,1-2H3. The number of thiocarbonyl (C=S) groups is 1. The van der Waals surface area contributed by atoms with Crippen LogP contribution in [-0.4, -0.2) is 34.5 Å². The summed E-state index contributed by atoms with van der Waals surface area (Å²) in [4.78, 5) is 2.76. The van der Waals surface area contributed by atoms with Crippen LogP contribution in [0.3, 0.4) is 0 Å². The van der Waals surface area contributed by atoms with E-state index in [4.69, 9.17) is 17.5 Å². The molecule has 1 aliphatic rings. The van der Waals surface area contributed by atoms with Crippen molar-refractivity contribution in [3.63, 3.8) is 0 Å². The highest BCUT2D eigenvalue weighted by Crippen LogP contribution is 2.39. The van der Waals surface area contributed by atoms with Gasteiger partial charge in [0.05, 0.1) is 4.24 Å². The number of nitrogens with zero attached hydrogens (tertiary/aromatic N) is 2. The molecule has 0 saturated carbocycles. The molecule has 15 heavy (non-hydrogen) atoms. The number of hydrogen-bond donors (Lipinski definition) is 0. The zero-order chi connectivity index (χ0) is 11.3. The monoisotopic (exact) mass is 258 g/mol. The van der Waals surface area contributed by atoms with Crippen LogP contribution in [0.2, 0.25) is 0 Å². The largest absolute Gasteiger partial charge is 0.362 e. The first-order valence-electron chi connectivity index (χ1n) is 4.93. The van der Waals surface area contributed by atoms with Crippen LogP contribution in [0.15, 0.2) is 9.81 Å². The summed E-state index contributed by atoms with van der Waals surface area (Å²) in [6.45, 7) is 5.85. The van der Waals surface area contributed by atoms with E-state index in [9.17, 15) is 0 Å². The van der Waals surface area contributed by atoms with Crippen LogP contribution in [0.4, 0.5) is 0 Å². The van der Waals surface area contributed by atoms with Gasteiger partial charge in [0.1, 0.15) is 16.6 Å². The van der Waals surface area contributed by atoms with Crippen molar-refractivity contribution in [2.24, 2.45) is 0 Å². The minimum Gasteiger partial charge on any atom is -0.362 e. The molecule has 0 bridgehead atoms. The first kappa shape index (κ1) is 12.9. The van der Waals surface area contributed by atoms with E-state index < -0.39 is 0 Å². The van der Waals surface area contributed by atoms with Crippen molar-refractivity contribution in [2.75, 3.05) is 24.6 Å². The highest BCUT2D eigenvalue weighted by atomic mass is 32.2. The topological polar surface area (TPSA) is 27.0 Å². The highest BCUT2D eigenvalue weighted by molar-refractivity contribution is 8.25. The third-order valence-corrected chi connectivity index (χ3v) is 5.31. The Morgan fingerprint density at radius 2 is 1.93 bits per heavy atom. The van der Waals surface area contributed by atoms with Gasteiger partial charge >= 0.3 is 0 Å². The Morgan fingerprint density at radius 3 is 2.33 bits per heavy atom. The van der Waals surface area contributed by atoms with Gasteiger partial charge in [-0.15, -0.1) is 23.5 Å². The predicted molar refractivity (Wildman–Crippen MR) is 73.1 cm³/mol. The lowest BCUT2D eigenvalue weighted by Crippen LogP contribution is -2.30. The second-order valence-electron chi connectivity index (χ2n) is 2.95. The van der Waals surface area contributed by atoms with Crippen molar-refractivity contribution < 1.29 is 0 Å². The minimum absolute atomic E-state index is 0.696. The van der Waals surface area contributed by atoms with E-state index in [-0.39, 0.29) is 0 Å². The van der Waals surface area contributed by atoms with Crippen LogP contribution in [0.25, 0.3) is 0 Å². The summed E-state index contributed by atoms with van der Waals surface area (Å²) in [5, 5.41) is 9.15. The lowest BCUT2D eigenvalue weighted by Gasteiger charge is -2.21. The molecule has 0 radical (unpaired) electrons. The van der Waals surface area contributed by atoms with Gasteiger partial charge in [-0.2, -0.15) is 5.26 Å². The molecule has 0 unspecified atom stereocenters. The van der Waals surface area contributed by atoms with Crippen molar-refractivity contribution in [1.82, 2.24) is 4.90 Å². The van der Waals surface area contributed by atoms with E-state index in [1.54, 1.807) is 23.5 Å². The fourth-order valence-corrected chi connectivity index (χ4v) is 4.28. The quantitative estimate of drug-likeness (QED) is 0.441. The maximum Gasteiger partial charge on any atom is 0.121 e. The molecular formula is C10H14N2S3. The van der Waals surface area contributed by atoms with Crippen molar-refractivity contribution in [3.8, 4) is 6.07 Å². The number of hydrogen-bond acceptors (Lipinski definition) is 4. The molecule has 1 saturated heterocycles. The molecule has 0 aromatic carbocycles. The molecule has 1 aliphatic heterocycles. The number of thioether (sulfide) groups is 2. The van der Waals surface area contributed by atoms with Crippen LogP contribution in [-0.2, 0) is 0 Å². The molecular weight excluding hydrogens is 244 g/mol. The number of nitriles is 1. The van der Waals surface area contributed by atoms with Gasteiger partial charge in [0.2, 0.25) is 0 Å². The molecule has 82 valence electrons. The molecule has 5 heteroatoms. The normalized spacial score (nSPS) is 14.9. The van der Waals surface area contributed by atoms with Crippen LogP contribution in [0, 0.1) is 11.3 Å². The Morgan fingerprint density at radius 1 is 1.40 bits per heavy atom. The zero-order valence-electron chi connectivity index (χ0n) is 8.95. The predicted octanol–water partition coefficient (Wildman–Crippen LogP) is 2.87. The van der Waals surface area contributed by atoms with E-state index in [2.05, 4.69) is 24.8 Å². The lowest BCUT2D eigenvalue weighted by molar-refractivity contribution is 0.475. The summed E-state index contributed by atoms with van der Waals surface area (Å²) in [5.41, 5.74) is 0.696. The third-order valence-electron chi connectivity index (χ3n) is 2.13. The van der Waals surface area contributed by atoms with Crippen molar-refractivity contribution in [2.45, 2.75) is 13.8 Å². The molecule has 1 heterocycles. The van der Waals surface area contributed by atoms with E-state index >= 15 is 0 Å². The van der Waals surface area contributed by atoms with Gasteiger partial charge in [-0.3, -0.25) is 0 Å². The van der Waals surface area contributed by atoms with Gasteiger partial charge < -0.3 is 4.90 Å². The summed E-state index contributed by atoms with van der Waals surface area (Å²) in [6.07, 6.45) is 0. The smallest absolute Gasteiger partial charge is 0.121 e. The highest BCUT2D eigenvalue weighted by Gasteiger charge is 2.19. The number of likely N-dealkylation sites (N-methyl/N-ethyl adjacent to an activating group) is 1. The summed E-state index contributed by atoms with van der Waals surface area (Å²) < 4.78 is 1.11. The minimum atomic E-state index is 0.696. The third kappa shape index (κ3) is 3.13. The molecule has 0 amide bonds. The molecule has 1 rings (SSSR count). The van der Waals surface area contributed by atoms with Gasteiger partial charge in [0.25, 0.3) is 0 Å². The van der Waals surface area contributed by atoms with Gasteiger partial charge in [-0.25, -0.2) is 0 Å². The van der Waals surface area contributed by atoms with E-state index in [0.29, 0.717) is 10.6 Å². The summed E-state index contributed by atoms with van der Waals surface area (Å²) in [6, 6.07) is 2.25. The van der Waals surface area contributed by atoms with Crippen molar-refractivity contribution in [3.05, 3.63) is 9.81 Å². The Hall–Kier alpha value is -0.180. The fourth-order valence-electron chi connectivity index (χ4n) is 1.30. The Labute approximate surface area is 105 Å². The van der Waals surface area contributed by atoms with E-state index in [1.807, 2.05) is 0 Å². The summed E-state index contributed by atoms with van der Waals surface area (Å²) in [7, 11) is 0. The van der Waals surface area contributed by atoms with Crippen LogP contribution in [0.1, 0.15) is 13.8 Å². The Kier molecular flexibility index (Phi) is 5.51. The number of rotatable bonds is 3. The SMILES string of the molecule is CCN(CC)C(=S)C(C#N)=C1SCCS1. The molecule has 0 N–H and O–H groups in total. The first-order valence-corrected chi connectivity index (χ1v) is 7.31. The second-order valence-corrected chi connectivity index (χ2v) is 5.80. The average Bonchev–Trinajstić information content (AvgIpc) is 2.74. The molecule has 0 aromatic heterocycles. The van der Waals surface area contributed by atoms with E-state index in [1.165, 1.54) is 0 Å². The zero-order valence-corrected chi connectivity index (χ0v) is 11.4. The molecule has 0 spiro atoms. The first-order chi connectivity index (χ1) is 7.24. The van der Waals surface area contributed by atoms with Crippen LogP contribution < -0.4 is 0 Å². The molecule has 0 aliphatic carbocycles. The van der Waals surface area contributed by atoms with Gasteiger partial charge in [-0.1, -0.05) is 12.2 Å². The van der Waals surface area contributed by atoms with Gasteiger partial charge in [-0.05, 0) is 13.8 Å². The van der Waals surface area contributed by atoms with Gasteiger partial charge in [0.15, 0.2) is 0 Å². The van der Waals surface area contributed by atoms with Gasteiger partial charge in [0, 0.05) is 24.6 Å². The maximum absolute atomic E-state index is 9.15. The second kappa shape index (κ2) is 6.41. The average molecular weight is 258 g/mol. The Balaban J connectivity index is 2.88. The lowest BCUT2D eigenvalue weighted by atomic mass is 10.3. The van der Waals surface area contributed by atoms with Crippen molar-refractivity contribution >= 4 is 40.7 Å².